The Bertz CT molecular complexity index is 790. The molecule has 0 aliphatic rings. The Hall–Kier alpha value is -1.55. The number of sulfonamides is 1. The molecule has 10 heteroatoms. The number of nitrogens with zero attached hydrogens (tertiary/aromatic N) is 2. The lowest BCUT2D eigenvalue weighted by Gasteiger charge is -2.08. The predicted molar refractivity (Wildman–Crippen MR) is 89.4 cm³/mol. The van der Waals surface area contributed by atoms with Crippen molar-refractivity contribution in [3.63, 3.8) is 0 Å². The minimum atomic E-state index is -3.73. The maximum absolute atomic E-state index is 12.1. The summed E-state index contributed by atoms with van der Waals surface area (Å²) in [4.78, 5) is 12.0. The first-order chi connectivity index (χ1) is 10.8. The van der Waals surface area contributed by atoms with E-state index < -0.39 is 15.9 Å². The molecule has 0 aliphatic heterocycles. The summed E-state index contributed by atoms with van der Waals surface area (Å²) in [6.07, 6.45) is 0.651. The first kappa shape index (κ1) is 17.8. The van der Waals surface area contributed by atoms with Crippen LogP contribution in [-0.4, -0.2) is 30.6 Å². The third-order valence-electron chi connectivity index (χ3n) is 2.93. The van der Waals surface area contributed by atoms with E-state index in [0.717, 1.165) is 11.3 Å². The van der Waals surface area contributed by atoms with Crippen LogP contribution < -0.4 is 10.0 Å². The lowest BCUT2D eigenvalue weighted by molar-refractivity contribution is 0.102. The molecule has 1 atom stereocenters. The smallest absolute Gasteiger partial charge is 0.270 e. The van der Waals surface area contributed by atoms with Gasteiger partial charge in [-0.15, -0.1) is 10.2 Å². The van der Waals surface area contributed by atoms with Gasteiger partial charge in [0, 0.05) is 16.6 Å². The van der Waals surface area contributed by atoms with E-state index >= 15 is 0 Å². The number of hydrogen-bond donors (Lipinski definition) is 2. The maximum Gasteiger partial charge on any atom is 0.270 e. The van der Waals surface area contributed by atoms with Crippen LogP contribution >= 0.6 is 22.9 Å². The number of benzene rings is 1. The van der Waals surface area contributed by atoms with E-state index in [9.17, 15) is 13.2 Å². The van der Waals surface area contributed by atoms with Crippen molar-refractivity contribution < 1.29 is 13.2 Å². The van der Waals surface area contributed by atoms with Crippen LogP contribution in [0.5, 0.6) is 0 Å². The third kappa shape index (κ3) is 4.71. The minimum absolute atomic E-state index is 0.106. The molecule has 0 saturated carbocycles. The number of carbonyl (C=O) groups is 1. The highest BCUT2D eigenvalue weighted by Crippen LogP contribution is 2.21. The first-order valence-electron chi connectivity index (χ1n) is 6.74. The van der Waals surface area contributed by atoms with Crippen molar-refractivity contribution in [2.75, 3.05) is 5.32 Å². The van der Waals surface area contributed by atoms with Gasteiger partial charge in [-0.05, 0) is 37.6 Å². The van der Waals surface area contributed by atoms with Crippen LogP contribution in [0.4, 0.5) is 5.13 Å². The number of aromatic nitrogens is 2. The SMILES string of the molecule is CC[C@@H](C)NS(=O)(=O)c1nnc(NC(=O)c2ccc(Cl)cc2)s1. The quantitative estimate of drug-likeness (QED) is 0.756. The van der Waals surface area contributed by atoms with E-state index in [-0.39, 0.29) is 15.5 Å². The second-order valence-electron chi connectivity index (χ2n) is 4.76. The van der Waals surface area contributed by atoms with Crippen LogP contribution in [0.1, 0.15) is 30.6 Å². The van der Waals surface area contributed by atoms with Gasteiger partial charge in [0.25, 0.3) is 15.9 Å². The fraction of sp³-hybridized carbons (Fsp3) is 0.308. The number of nitrogens with one attached hydrogen (secondary N) is 2. The predicted octanol–water partition coefficient (Wildman–Crippen LogP) is 2.52. The second-order valence-corrected chi connectivity index (χ2v) is 8.07. The van der Waals surface area contributed by atoms with Gasteiger partial charge in [-0.1, -0.05) is 29.9 Å². The zero-order valence-corrected chi connectivity index (χ0v) is 14.8. The molecule has 0 aliphatic carbocycles. The Morgan fingerprint density at radius 3 is 2.57 bits per heavy atom. The van der Waals surface area contributed by atoms with Gasteiger partial charge < -0.3 is 0 Å². The Labute approximate surface area is 143 Å². The van der Waals surface area contributed by atoms with Crippen LogP contribution in [0.15, 0.2) is 28.6 Å². The van der Waals surface area contributed by atoms with Gasteiger partial charge in [0.05, 0.1) is 0 Å². The molecule has 1 amide bonds. The molecule has 0 spiro atoms. The maximum atomic E-state index is 12.1. The van der Waals surface area contributed by atoms with Gasteiger partial charge >= 0.3 is 0 Å². The van der Waals surface area contributed by atoms with Gasteiger partial charge in [-0.25, -0.2) is 13.1 Å². The fourth-order valence-electron chi connectivity index (χ4n) is 1.54. The largest absolute Gasteiger partial charge is 0.296 e. The van der Waals surface area contributed by atoms with Crippen LogP contribution in [0.25, 0.3) is 0 Å². The highest BCUT2D eigenvalue weighted by atomic mass is 35.5. The molecule has 1 aromatic carbocycles. The highest BCUT2D eigenvalue weighted by molar-refractivity contribution is 7.91. The molecule has 2 aromatic rings. The first-order valence-corrected chi connectivity index (χ1v) is 9.42. The second kappa shape index (κ2) is 7.35. The van der Waals surface area contributed by atoms with Crippen LogP contribution in [-0.2, 0) is 10.0 Å². The number of anilines is 1. The Kier molecular flexibility index (Phi) is 5.69. The third-order valence-corrected chi connectivity index (χ3v) is 5.98. The Morgan fingerprint density at radius 1 is 1.30 bits per heavy atom. The van der Waals surface area contributed by atoms with Crippen LogP contribution in [0, 0.1) is 0 Å². The zero-order valence-electron chi connectivity index (χ0n) is 12.4. The molecule has 0 unspecified atom stereocenters. The molecule has 124 valence electrons. The molecule has 0 bridgehead atoms. The number of hydrogen-bond acceptors (Lipinski definition) is 6. The van der Waals surface area contributed by atoms with E-state index in [0.29, 0.717) is 17.0 Å². The summed E-state index contributed by atoms with van der Waals surface area (Å²) in [5.41, 5.74) is 0.381. The number of halogens is 1. The Balaban J connectivity index is 2.10. The van der Waals surface area contributed by atoms with Gasteiger partial charge in [0.15, 0.2) is 0 Å². The van der Waals surface area contributed by atoms with Crippen LogP contribution in [0.2, 0.25) is 5.02 Å². The standard InChI is InChI=1S/C13H15ClN4O3S2/c1-3-8(2)18-23(20,21)13-17-16-12(22-13)15-11(19)9-4-6-10(14)7-5-9/h4-8,18H,3H2,1-2H3,(H,15,16,19)/t8-/m1/s1. The van der Waals surface area contributed by atoms with Gasteiger partial charge in [-0.3, -0.25) is 10.1 Å². The molecule has 0 fully saturated rings. The van der Waals surface area contributed by atoms with Gasteiger partial charge in [0.2, 0.25) is 9.47 Å². The average Bonchev–Trinajstić information content (AvgIpc) is 2.96. The summed E-state index contributed by atoms with van der Waals surface area (Å²) in [7, 11) is -3.73. The molecule has 2 rings (SSSR count). The number of carbonyl (C=O) groups excluding carboxylic acids is 1. The average molecular weight is 375 g/mol. The number of amides is 1. The minimum Gasteiger partial charge on any atom is -0.296 e. The molecule has 0 saturated heterocycles. The summed E-state index contributed by atoms with van der Waals surface area (Å²) in [6, 6.07) is 6.07. The molecule has 1 aromatic heterocycles. The molecule has 23 heavy (non-hydrogen) atoms. The van der Waals surface area contributed by atoms with E-state index in [4.69, 9.17) is 11.6 Å². The molecule has 0 radical (unpaired) electrons. The van der Waals surface area contributed by atoms with Crippen molar-refractivity contribution >= 4 is 44.0 Å². The van der Waals surface area contributed by atoms with Crippen molar-refractivity contribution in [1.82, 2.24) is 14.9 Å². The normalized spacial score (nSPS) is 12.8. The van der Waals surface area contributed by atoms with Crippen molar-refractivity contribution in [2.45, 2.75) is 30.6 Å². The molecule has 1 heterocycles. The topological polar surface area (TPSA) is 101 Å². The molecular weight excluding hydrogens is 360 g/mol. The fourth-order valence-corrected chi connectivity index (χ4v) is 3.90. The lowest BCUT2D eigenvalue weighted by Crippen LogP contribution is -2.31. The van der Waals surface area contributed by atoms with Crippen molar-refractivity contribution in [2.24, 2.45) is 0 Å². The van der Waals surface area contributed by atoms with E-state index in [1.807, 2.05) is 6.92 Å². The van der Waals surface area contributed by atoms with E-state index in [1.54, 1.807) is 31.2 Å². The molecule has 7 nitrogen and oxygen atoms in total. The van der Waals surface area contributed by atoms with Crippen molar-refractivity contribution in [3.8, 4) is 0 Å². The van der Waals surface area contributed by atoms with Crippen molar-refractivity contribution in [1.29, 1.82) is 0 Å². The van der Waals surface area contributed by atoms with Crippen molar-refractivity contribution in [3.05, 3.63) is 34.9 Å². The monoisotopic (exact) mass is 374 g/mol. The van der Waals surface area contributed by atoms with E-state index in [2.05, 4.69) is 20.2 Å². The molecular formula is C13H15ClN4O3S2. The van der Waals surface area contributed by atoms with Gasteiger partial charge in [-0.2, -0.15) is 0 Å². The summed E-state index contributed by atoms with van der Waals surface area (Å²) in [5.74, 6) is -0.420. The zero-order chi connectivity index (χ0) is 17.0. The lowest BCUT2D eigenvalue weighted by atomic mass is 10.2. The van der Waals surface area contributed by atoms with Crippen LogP contribution in [0.3, 0.4) is 0 Å². The highest BCUT2D eigenvalue weighted by Gasteiger charge is 2.22. The van der Waals surface area contributed by atoms with Gasteiger partial charge in [0.1, 0.15) is 0 Å². The Morgan fingerprint density at radius 2 is 1.96 bits per heavy atom. The summed E-state index contributed by atoms with van der Waals surface area (Å²) >= 11 is 6.55. The summed E-state index contributed by atoms with van der Waals surface area (Å²) < 4.78 is 26.4. The molecule has 2 N–H and O–H groups in total. The summed E-state index contributed by atoms with van der Waals surface area (Å²) in [6.45, 7) is 3.62. The number of rotatable bonds is 6. The van der Waals surface area contributed by atoms with E-state index in [1.165, 1.54) is 0 Å². The summed E-state index contributed by atoms with van der Waals surface area (Å²) in [5, 5.41) is 10.4.